The van der Waals surface area contributed by atoms with E-state index in [4.69, 9.17) is 14.5 Å². The molecule has 0 spiro atoms. The predicted molar refractivity (Wildman–Crippen MR) is 123 cm³/mol. The molecule has 4 rings (SSSR count). The molecule has 0 aliphatic rings. The van der Waals surface area contributed by atoms with E-state index in [0.717, 1.165) is 32.8 Å². The largest absolute Gasteiger partial charge is 0.497 e. The fraction of sp³-hybridized carbons (Fsp3) is 0.208. The number of carbonyl (C=O) groups excluding carboxylic acids is 1. The van der Waals surface area contributed by atoms with E-state index < -0.39 is 0 Å². The Morgan fingerprint density at radius 3 is 2.58 bits per heavy atom. The van der Waals surface area contributed by atoms with Gasteiger partial charge in [0.1, 0.15) is 11.5 Å². The number of benzene rings is 2. The summed E-state index contributed by atoms with van der Waals surface area (Å²) in [6.07, 6.45) is 3.76. The van der Waals surface area contributed by atoms with Gasteiger partial charge in [-0.15, -0.1) is 0 Å². The van der Waals surface area contributed by atoms with Crippen molar-refractivity contribution in [3.63, 3.8) is 0 Å². The average Bonchev–Trinajstić information content (AvgIpc) is 3.22. The van der Waals surface area contributed by atoms with E-state index in [9.17, 15) is 4.79 Å². The van der Waals surface area contributed by atoms with Crippen LogP contribution in [0.15, 0.2) is 67.0 Å². The van der Waals surface area contributed by atoms with Crippen molar-refractivity contribution in [3.05, 3.63) is 78.1 Å². The van der Waals surface area contributed by atoms with Crippen molar-refractivity contribution in [1.29, 1.82) is 0 Å². The first-order valence-electron chi connectivity index (χ1n) is 10.0. The summed E-state index contributed by atoms with van der Waals surface area (Å²) in [6.45, 7) is 2.96. The molecular formula is C24H23N3O3S. The quantitative estimate of drug-likeness (QED) is 0.396. The number of rotatable bonds is 8. The number of carbonyl (C=O) groups is 1. The number of thiazole rings is 1. The summed E-state index contributed by atoms with van der Waals surface area (Å²) < 4.78 is 11.8. The summed E-state index contributed by atoms with van der Waals surface area (Å²) in [7, 11) is 1.62. The number of ether oxygens (including phenoxy) is 2. The monoisotopic (exact) mass is 433 g/mol. The fourth-order valence-corrected chi connectivity index (χ4v) is 4.23. The van der Waals surface area contributed by atoms with E-state index in [1.807, 2.05) is 61.5 Å². The minimum absolute atomic E-state index is 0.0295. The highest BCUT2D eigenvalue weighted by Gasteiger charge is 2.21. The number of nitrogens with zero attached hydrogens (tertiary/aromatic N) is 3. The van der Waals surface area contributed by atoms with Crippen LogP contribution in [0.3, 0.4) is 0 Å². The third-order valence-electron chi connectivity index (χ3n) is 4.77. The van der Waals surface area contributed by atoms with Crippen molar-refractivity contribution in [1.82, 2.24) is 9.97 Å². The van der Waals surface area contributed by atoms with Gasteiger partial charge >= 0.3 is 0 Å². The summed E-state index contributed by atoms with van der Waals surface area (Å²) in [5.74, 6) is 1.53. The van der Waals surface area contributed by atoms with Crippen LogP contribution in [-0.4, -0.2) is 29.6 Å². The number of hydrogen-bond donors (Lipinski definition) is 0. The first kappa shape index (κ1) is 20.8. The molecule has 1 amide bonds. The van der Waals surface area contributed by atoms with Crippen LogP contribution in [0.1, 0.15) is 18.1 Å². The van der Waals surface area contributed by atoms with E-state index in [1.54, 1.807) is 24.4 Å². The van der Waals surface area contributed by atoms with E-state index in [0.29, 0.717) is 18.3 Å². The fourth-order valence-electron chi connectivity index (χ4n) is 3.21. The van der Waals surface area contributed by atoms with Crippen LogP contribution in [0.25, 0.3) is 10.2 Å². The van der Waals surface area contributed by atoms with Crippen molar-refractivity contribution in [3.8, 4) is 11.5 Å². The second-order valence-corrected chi connectivity index (χ2v) is 7.93. The Morgan fingerprint density at radius 1 is 1.06 bits per heavy atom. The number of pyridine rings is 1. The Kier molecular flexibility index (Phi) is 6.43. The van der Waals surface area contributed by atoms with E-state index >= 15 is 0 Å². The van der Waals surface area contributed by atoms with Crippen molar-refractivity contribution in [2.75, 3.05) is 18.6 Å². The zero-order chi connectivity index (χ0) is 21.6. The lowest BCUT2D eigenvalue weighted by atomic mass is 10.1. The maximum absolute atomic E-state index is 13.3. The summed E-state index contributed by atoms with van der Waals surface area (Å²) >= 11 is 1.48. The van der Waals surface area contributed by atoms with Crippen molar-refractivity contribution < 1.29 is 14.3 Å². The van der Waals surface area contributed by atoms with Crippen LogP contribution in [0.2, 0.25) is 0 Å². The van der Waals surface area contributed by atoms with Crippen LogP contribution >= 0.6 is 11.3 Å². The summed E-state index contributed by atoms with van der Waals surface area (Å²) in [6, 6.07) is 17.2. The van der Waals surface area contributed by atoms with Gasteiger partial charge in [0.2, 0.25) is 5.91 Å². The molecule has 6 nitrogen and oxygen atoms in total. The topological polar surface area (TPSA) is 64.5 Å². The SMILES string of the molecule is CCOc1ccc2nc(N(Cc3cccnc3)C(=O)Cc3ccc(OC)cc3)sc2c1. The van der Waals surface area contributed by atoms with Gasteiger partial charge in [0, 0.05) is 12.4 Å². The molecule has 0 bridgehead atoms. The lowest BCUT2D eigenvalue weighted by Crippen LogP contribution is -2.31. The number of aromatic nitrogens is 2. The molecule has 0 unspecified atom stereocenters. The molecule has 2 heterocycles. The van der Waals surface area contributed by atoms with E-state index in [2.05, 4.69) is 4.98 Å². The molecule has 31 heavy (non-hydrogen) atoms. The Hall–Kier alpha value is -3.45. The molecule has 0 saturated carbocycles. The van der Waals surface area contributed by atoms with Gasteiger partial charge in [-0.05, 0) is 54.4 Å². The molecule has 7 heteroatoms. The van der Waals surface area contributed by atoms with Crippen LogP contribution in [0.5, 0.6) is 11.5 Å². The first-order chi connectivity index (χ1) is 15.2. The molecule has 0 radical (unpaired) electrons. The Bertz CT molecular complexity index is 1160. The lowest BCUT2D eigenvalue weighted by Gasteiger charge is -2.20. The van der Waals surface area contributed by atoms with Gasteiger partial charge in [-0.1, -0.05) is 29.5 Å². The van der Waals surface area contributed by atoms with Gasteiger partial charge in [-0.2, -0.15) is 0 Å². The normalized spacial score (nSPS) is 10.8. The Labute approximate surface area is 185 Å². The third-order valence-corrected chi connectivity index (χ3v) is 5.81. The Balaban J connectivity index is 1.64. The molecule has 0 atom stereocenters. The molecule has 0 aliphatic carbocycles. The highest BCUT2D eigenvalue weighted by molar-refractivity contribution is 7.22. The van der Waals surface area contributed by atoms with Crippen molar-refractivity contribution in [2.24, 2.45) is 0 Å². The number of methoxy groups -OCH3 is 1. The van der Waals surface area contributed by atoms with Gasteiger partial charge in [0.15, 0.2) is 5.13 Å². The maximum atomic E-state index is 13.3. The number of hydrogen-bond acceptors (Lipinski definition) is 6. The van der Waals surface area contributed by atoms with Gasteiger partial charge in [-0.3, -0.25) is 14.7 Å². The molecule has 158 valence electrons. The van der Waals surface area contributed by atoms with Crippen LogP contribution < -0.4 is 14.4 Å². The predicted octanol–water partition coefficient (Wildman–Crippen LogP) is 4.87. The highest BCUT2D eigenvalue weighted by Crippen LogP contribution is 2.32. The number of anilines is 1. The van der Waals surface area contributed by atoms with Crippen LogP contribution in [0.4, 0.5) is 5.13 Å². The van der Waals surface area contributed by atoms with Crippen molar-refractivity contribution >= 4 is 32.6 Å². The van der Waals surface area contributed by atoms with Gasteiger partial charge < -0.3 is 9.47 Å². The average molecular weight is 434 g/mol. The second-order valence-electron chi connectivity index (χ2n) is 6.92. The van der Waals surface area contributed by atoms with Crippen LogP contribution in [-0.2, 0) is 17.8 Å². The zero-order valence-electron chi connectivity index (χ0n) is 17.4. The maximum Gasteiger partial charge on any atom is 0.233 e. The van der Waals surface area contributed by atoms with Crippen molar-refractivity contribution in [2.45, 2.75) is 19.9 Å². The molecule has 4 aromatic rings. The second kappa shape index (κ2) is 9.57. The van der Waals surface area contributed by atoms with Crippen LogP contribution in [0, 0.1) is 0 Å². The van der Waals surface area contributed by atoms with Gasteiger partial charge in [-0.25, -0.2) is 4.98 Å². The molecule has 0 saturated heterocycles. The highest BCUT2D eigenvalue weighted by atomic mass is 32.1. The summed E-state index contributed by atoms with van der Waals surface area (Å²) in [5.41, 5.74) is 2.71. The third kappa shape index (κ3) is 5.00. The van der Waals surface area contributed by atoms with Gasteiger partial charge in [0.05, 0.1) is 36.9 Å². The summed E-state index contributed by atoms with van der Waals surface area (Å²) in [4.78, 5) is 24.0. The molecular weight excluding hydrogens is 410 g/mol. The minimum atomic E-state index is -0.0295. The molecule has 0 fully saturated rings. The van der Waals surface area contributed by atoms with E-state index in [-0.39, 0.29) is 12.3 Å². The standard InChI is InChI=1S/C24H23N3O3S/c1-3-30-20-10-11-21-22(14-20)31-24(26-21)27(16-18-5-4-12-25-15-18)23(28)13-17-6-8-19(29-2)9-7-17/h4-12,14-15H,3,13,16H2,1-2H3. The lowest BCUT2D eigenvalue weighted by molar-refractivity contribution is -0.118. The molecule has 2 aromatic heterocycles. The first-order valence-corrected chi connectivity index (χ1v) is 10.8. The minimum Gasteiger partial charge on any atom is -0.497 e. The smallest absolute Gasteiger partial charge is 0.233 e. The molecule has 0 aliphatic heterocycles. The number of amides is 1. The number of fused-ring (bicyclic) bond motifs is 1. The molecule has 0 N–H and O–H groups in total. The summed E-state index contributed by atoms with van der Waals surface area (Å²) in [5, 5.41) is 0.658. The van der Waals surface area contributed by atoms with E-state index in [1.165, 1.54) is 11.3 Å². The zero-order valence-corrected chi connectivity index (χ0v) is 18.3. The van der Waals surface area contributed by atoms with Gasteiger partial charge in [0.25, 0.3) is 0 Å². The Morgan fingerprint density at radius 2 is 1.87 bits per heavy atom. The molecule has 2 aromatic carbocycles.